The molecule has 9 nitrogen and oxygen atoms in total. The molecule has 4 atom stereocenters. The maximum Gasteiger partial charge on any atom is 0.330 e. The SMILES string of the molecule is Cc1cn([C@@H]2O[C@H](CNC(=O)Cc3ccccc3Br)C(O)C2O)c(=O)[nH]c1=O. The van der Waals surface area contributed by atoms with Crippen molar-refractivity contribution in [2.45, 2.75) is 37.9 Å². The number of nitrogens with zero attached hydrogens (tertiary/aromatic N) is 1. The second-order valence-electron chi connectivity index (χ2n) is 6.60. The highest BCUT2D eigenvalue weighted by Gasteiger charge is 2.44. The van der Waals surface area contributed by atoms with E-state index in [1.807, 2.05) is 24.3 Å². The smallest absolute Gasteiger partial charge is 0.330 e. The molecule has 1 aliphatic rings. The number of carbonyl (C=O) groups is 1. The zero-order valence-corrected chi connectivity index (χ0v) is 16.5. The maximum atomic E-state index is 12.2. The van der Waals surface area contributed by atoms with Gasteiger partial charge in [0.25, 0.3) is 5.56 Å². The monoisotopic (exact) mass is 453 g/mol. The zero-order valence-electron chi connectivity index (χ0n) is 15.0. The van der Waals surface area contributed by atoms with E-state index in [9.17, 15) is 24.6 Å². The molecule has 1 aromatic carbocycles. The van der Waals surface area contributed by atoms with Crippen LogP contribution in [0.2, 0.25) is 0 Å². The van der Waals surface area contributed by atoms with Gasteiger partial charge in [-0.3, -0.25) is 19.1 Å². The quantitative estimate of drug-likeness (QED) is 0.486. The number of rotatable bonds is 5. The second kappa shape index (κ2) is 8.39. The molecule has 1 saturated heterocycles. The number of hydrogen-bond donors (Lipinski definition) is 4. The number of halogens is 1. The van der Waals surface area contributed by atoms with Crippen molar-refractivity contribution in [1.29, 1.82) is 0 Å². The average molecular weight is 454 g/mol. The Kier molecular flexibility index (Phi) is 6.14. The van der Waals surface area contributed by atoms with Crippen molar-refractivity contribution >= 4 is 21.8 Å². The van der Waals surface area contributed by atoms with Gasteiger partial charge in [0.1, 0.15) is 18.3 Å². The predicted molar refractivity (Wildman–Crippen MR) is 103 cm³/mol. The molecule has 1 amide bonds. The van der Waals surface area contributed by atoms with Gasteiger partial charge in [0.2, 0.25) is 5.91 Å². The van der Waals surface area contributed by atoms with Gasteiger partial charge in [-0.25, -0.2) is 4.79 Å². The Labute approximate surface area is 168 Å². The van der Waals surface area contributed by atoms with Gasteiger partial charge in [-0.15, -0.1) is 0 Å². The van der Waals surface area contributed by atoms with Gasteiger partial charge in [0, 0.05) is 22.8 Å². The predicted octanol–water partition coefficient (Wildman–Crippen LogP) is -0.414. The summed E-state index contributed by atoms with van der Waals surface area (Å²) in [6.45, 7) is 1.46. The van der Waals surface area contributed by atoms with Crippen LogP contribution >= 0.6 is 15.9 Å². The highest BCUT2D eigenvalue weighted by molar-refractivity contribution is 9.10. The van der Waals surface area contributed by atoms with Crippen LogP contribution in [0.5, 0.6) is 0 Å². The van der Waals surface area contributed by atoms with Gasteiger partial charge in [0.15, 0.2) is 6.23 Å². The van der Waals surface area contributed by atoms with E-state index in [4.69, 9.17) is 4.74 Å². The van der Waals surface area contributed by atoms with Crippen molar-refractivity contribution in [3.05, 3.63) is 66.9 Å². The molecule has 0 bridgehead atoms. The summed E-state index contributed by atoms with van der Waals surface area (Å²) in [6, 6.07) is 7.31. The summed E-state index contributed by atoms with van der Waals surface area (Å²) in [5.41, 5.74) is -0.230. The molecule has 28 heavy (non-hydrogen) atoms. The molecule has 0 aliphatic carbocycles. The molecule has 2 heterocycles. The van der Waals surface area contributed by atoms with Gasteiger partial charge in [-0.1, -0.05) is 34.1 Å². The number of aryl methyl sites for hydroxylation is 1. The van der Waals surface area contributed by atoms with E-state index >= 15 is 0 Å². The van der Waals surface area contributed by atoms with Crippen LogP contribution < -0.4 is 16.6 Å². The van der Waals surface area contributed by atoms with Gasteiger partial charge in [0.05, 0.1) is 6.42 Å². The first-order valence-corrected chi connectivity index (χ1v) is 9.41. The van der Waals surface area contributed by atoms with Crippen LogP contribution in [0.15, 0.2) is 44.5 Å². The first-order valence-electron chi connectivity index (χ1n) is 8.61. The lowest BCUT2D eigenvalue weighted by Crippen LogP contribution is -2.40. The number of benzene rings is 1. The lowest BCUT2D eigenvalue weighted by Gasteiger charge is -2.17. The summed E-state index contributed by atoms with van der Waals surface area (Å²) in [4.78, 5) is 37.8. The first kappa shape index (κ1) is 20.5. The Morgan fingerprint density at radius 2 is 2.00 bits per heavy atom. The van der Waals surface area contributed by atoms with Crippen LogP contribution in [0.3, 0.4) is 0 Å². The third-order valence-corrected chi connectivity index (χ3v) is 5.34. The Hall–Kier alpha value is -2.27. The Bertz CT molecular complexity index is 988. The fraction of sp³-hybridized carbons (Fsp3) is 0.389. The summed E-state index contributed by atoms with van der Waals surface area (Å²) >= 11 is 3.38. The van der Waals surface area contributed by atoms with E-state index in [2.05, 4.69) is 26.2 Å². The van der Waals surface area contributed by atoms with E-state index in [1.165, 1.54) is 13.1 Å². The normalized spacial score (nSPS) is 24.3. The summed E-state index contributed by atoms with van der Waals surface area (Å²) in [5, 5.41) is 23.1. The van der Waals surface area contributed by atoms with E-state index in [0.29, 0.717) is 0 Å². The van der Waals surface area contributed by atoms with E-state index in [-0.39, 0.29) is 24.4 Å². The number of aromatic nitrogens is 2. The minimum absolute atomic E-state index is 0.0465. The topological polar surface area (TPSA) is 134 Å². The van der Waals surface area contributed by atoms with Gasteiger partial charge in [-0.2, -0.15) is 0 Å². The van der Waals surface area contributed by atoms with Crippen LogP contribution in [0.1, 0.15) is 17.4 Å². The standard InChI is InChI=1S/C18H20BrN3O6/c1-9-8-22(18(27)21-16(9)26)17-15(25)14(24)12(28-17)7-20-13(23)6-10-4-2-3-5-11(10)19/h2-5,8,12,14-15,17,24-25H,6-7H2,1H3,(H,20,23)(H,21,26,27)/t12-,14?,15?,17-/m1/s1. The van der Waals surface area contributed by atoms with Crippen molar-refractivity contribution < 1.29 is 19.7 Å². The number of ether oxygens (including phenoxy) is 1. The molecule has 4 N–H and O–H groups in total. The summed E-state index contributed by atoms with van der Waals surface area (Å²) in [7, 11) is 0. The molecule has 0 spiro atoms. The molecule has 0 saturated carbocycles. The minimum Gasteiger partial charge on any atom is -0.387 e. The maximum absolute atomic E-state index is 12.2. The molecule has 150 valence electrons. The molecule has 2 aromatic rings. The summed E-state index contributed by atoms with van der Waals surface area (Å²) in [5.74, 6) is -0.280. The number of hydrogen-bond acceptors (Lipinski definition) is 6. The van der Waals surface area contributed by atoms with Crippen LogP contribution in [0, 0.1) is 6.92 Å². The van der Waals surface area contributed by atoms with Crippen molar-refractivity contribution in [1.82, 2.24) is 14.9 Å². The third kappa shape index (κ3) is 4.25. The van der Waals surface area contributed by atoms with Gasteiger partial charge < -0.3 is 20.3 Å². The Balaban J connectivity index is 1.65. The third-order valence-electron chi connectivity index (χ3n) is 4.57. The highest BCUT2D eigenvalue weighted by Crippen LogP contribution is 2.28. The van der Waals surface area contributed by atoms with Crippen molar-refractivity contribution in [3.63, 3.8) is 0 Å². The lowest BCUT2D eigenvalue weighted by atomic mass is 10.1. The average Bonchev–Trinajstić information content (AvgIpc) is 2.93. The van der Waals surface area contributed by atoms with Crippen LogP contribution in [-0.4, -0.2) is 50.5 Å². The molecule has 0 radical (unpaired) electrons. The van der Waals surface area contributed by atoms with E-state index in [1.54, 1.807) is 0 Å². The highest BCUT2D eigenvalue weighted by atomic mass is 79.9. The van der Waals surface area contributed by atoms with Crippen molar-refractivity contribution in [2.75, 3.05) is 6.54 Å². The first-order chi connectivity index (χ1) is 13.3. The molecule has 2 unspecified atom stereocenters. The van der Waals surface area contributed by atoms with Crippen LogP contribution in [-0.2, 0) is 16.0 Å². The van der Waals surface area contributed by atoms with Crippen LogP contribution in [0.4, 0.5) is 0 Å². The Morgan fingerprint density at radius 1 is 1.29 bits per heavy atom. The fourth-order valence-corrected chi connectivity index (χ4v) is 3.42. The number of aromatic amines is 1. The molecular formula is C18H20BrN3O6. The molecular weight excluding hydrogens is 434 g/mol. The number of amides is 1. The fourth-order valence-electron chi connectivity index (χ4n) is 2.99. The lowest BCUT2D eigenvalue weighted by molar-refractivity contribution is -0.121. The molecule has 10 heteroatoms. The van der Waals surface area contributed by atoms with Crippen molar-refractivity contribution in [3.8, 4) is 0 Å². The van der Waals surface area contributed by atoms with E-state index < -0.39 is 35.8 Å². The molecule has 1 aliphatic heterocycles. The second-order valence-corrected chi connectivity index (χ2v) is 7.45. The number of H-pyrrole nitrogens is 1. The molecule has 1 fully saturated rings. The van der Waals surface area contributed by atoms with Crippen molar-refractivity contribution in [2.24, 2.45) is 0 Å². The summed E-state index contributed by atoms with van der Waals surface area (Å²) in [6.07, 6.45) is -3.41. The molecule has 1 aromatic heterocycles. The van der Waals surface area contributed by atoms with Gasteiger partial charge in [-0.05, 0) is 18.6 Å². The number of aliphatic hydroxyl groups is 2. The largest absolute Gasteiger partial charge is 0.387 e. The number of nitrogens with one attached hydrogen (secondary N) is 2. The summed E-state index contributed by atoms with van der Waals surface area (Å²) < 4.78 is 7.42. The molecule has 3 rings (SSSR count). The van der Waals surface area contributed by atoms with Crippen LogP contribution in [0.25, 0.3) is 0 Å². The number of aliphatic hydroxyl groups excluding tert-OH is 2. The van der Waals surface area contributed by atoms with Gasteiger partial charge >= 0.3 is 5.69 Å². The zero-order chi connectivity index (χ0) is 20.4. The van der Waals surface area contributed by atoms with E-state index in [0.717, 1.165) is 14.6 Å². The Morgan fingerprint density at radius 3 is 2.71 bits per heavy atom. The number of carbonyl (C=O) groups excluding carboxylic acids is 1. The minimum atomic E-state index is -1.40.